The molecule has 0 radical (unpaired) electrons. The SMILES string of the molecule is COc1cc(S(=O)(=O)c2ccc(O)cc2)ccc1[C@@H]1CCNC1. The van der Waals surface area contributed by atoms with E-state index < -0.39 is 9.84 Å². The minimum absolute atomic E-state index is 0.0330. The van der Waals surface area contributed by atoms with Gasteiger partial charge in [0.05, 0.1) is 16.9 Å². The first kappa shape index (κ1) is 15.8. The predicted molar refractivity (Wildman–Crippen MR) is 86.8 cm³/mol. The van der Waals surface area contributed by atoms with Crippen LogP contribution >= 0.6 is 0 Å². The van der Waals surface area contributed by atoms with Crippen molar-refractivity contribution in [2.24, 2.45) is 0 Å². The van der Waals surface area contributed by atoms with E-state index in [1.807, 2.05) is 6.07 Å². The van der Waals surface area contributed by atoms with Gasteiger partial charge >= 0.3 is 0 Å². The quantitative estimate of drug-likeness (QED) is 0.898. The van der Waals surface area contributed by atoms with Crippen molar-refractivity contribution in [1.82, 2.24) is 5.32 Å². The van der Waals surface area contributed by atoms with Gasteiger partial charge in [0.25, 0.3) is 0 Å². The monoisotopic (exact) mass is 333 g/mol. The fraction of sp³-hybridized carbons (Fsp3) is 0.294. The second kappa shape index (κ2) is 6.22. The lowest BCUT2D eigenvalue weighted by molar-refractivity contribution is 0.405. The van der Waals surface area contributed by atoms with Crippen LogP contribution in [0.15, 0.2) is 52.3 Å². The Morgan fingerprint density at radius 3 is 2.43 bits per heavy atom. The smallest absolute Gasteiger partial charge is 0.206 e. The molecule has 6 heteroatoms. The summed E-state index contributed by atoms with van der Waals surface area (Å²) in [6, 6.07) is 10.6. The molecule has 1 fully saturated rings. The number of benzene rings is 2. The standard InChI is InChI=1S/C17H19NO4S/c1-22-17-10-15(6-7-16(17)12-8-9-18-11-12)23(20,21)14-4-2-13(19)3-5-14/h2-7,10,12,18-19H,8-9,11H2,1H3/t12-/m1/s1. The van der Waals surface area contributed by atoms with Gasteiger partial charge in [-0.2, -0.15) is 0 Å². The molecule has 1 atom stereocenters. The average Bonchev–Trinajstić information content (AvgIpc) is 3.09. The third-order valence-corrected chi connectivity index (χ3v) is 5.93. The Hall–Kier alpha value is -2.05. The van der Waals surface area contributed by atoms with Crippen LogP contribution in [-0.4, -0.2) is 33.7 Å². The van der Waals surface area contributed by atoms with E-state index in [0.29, 0.717) is 11.7 Å². The Bertz CT molecular complexity index is 794. The van der Waals surface area contributed by atoms with Crippen molar-refractivity contribution in [2.45, 2.75) is 22.1 Å². The summed E-state index contributed by atoms with van der Waals surface area (Å²) in [5.74, 6) is 0.972. The number of rotatable bonds is 4. The lowest BCUT2D eigenvalue weighted by Gasteiger charge is -2.15. The van der Waals surface area contributed by atoms with Crippen LogP contribution in [0.3, 0.4) is 0 Å². The first-order chi connectivity index (χ1) is 11.0. The molecule has 2 aromatic carbocycles. The molecule has 0 aromatic heterocycles. The fourth-order valence-electron chi connectivity index (χ4n) is 2.88. The van der Waals surface area contributed by atoms with Gasteiger partial charge in [0.2, 0.25) is 9.84 Å². The zero-order valence-electron chi connectivity index (χ0n) is 12.8. The van der Waals surface area contributed by atoms with Crippen LogP contribution < -0.4 is 10.1 Å². The first-order valence-electron chi connectivity index (χ1n) is 7.45. The van der Waals surface area contributed by atoms with Crippen molar-refractivity contribution in [2.75, 3.05) is 20.2 Å². The van der Waals surface area contributed by atoms with Gasteiger partial charge in [-0.3, -0.25) is 0 Å². The van der Waals surface area contributed by atoms with E-state index in [9.17, 15) is 13.5 Å². The van der Waals surface area contributed by atoms with Gasteiger partial charge in [0.1, 0.15) is 11.5 Å². The zero-order chi connectivity index (χ0) is 16.4. The first-order valence-corrected chi connectivity index (χ1v) is 8.93. The molecule has 0 unspecified atom stereocenters. The summed E-state index contributed by atoms with van der Waals surface area (Å²) in [6.07, 6.45) is 1.01. The summed E-state index contributed by atoms with van der Waals surface area (Å²) < 4.78 is 30.8. The van der Waals surface area contributed by atoms with Crippen LogP contribution in [0.1, 0.15) is 17.9 Å². The van der Waals surface area contributed by atoms with Gasteiger partial charge in [-0.05, 0) is 54.9 Å². The van der Waals surface area contributed by atoms with Crippen LogP contribution in [0.4, 0.5) is 0 Å². The Kier molecular flexibility index (Phi) is 4.28. The summed E-state index contributed by atoms with van der Waals surface area (Å²) in [5, 5.41) is 12.6. The Morgan fingerprint density at radius 2 is 1.83 bits per heavy atom. The summed E-state index contributed by atoms with van der Waals surface area (Å²) >= 11 is 0. The van der Waals surface area contributed by atoms with E-state index in [4.69, 9.17) is 4.74 Å². The molecule has 2 aromatic rings. The molecular formula is C17H19NO4S. The average molecular weight is 333 g/mol. The third-order valence-electron chi connectivity index (χ3n) is 4.16. The van der Waals surface area contributed by atoms with Gasteiger partial charge < -0.3 is 15.2 Å². The number of methoxy groups -OCH3 is 1. The number of hydrogen-bond donors (Lipinski definition) is 2. The van der Waals surface area contributed by atoms with E-state index in [1.165, 1.54) is 24.3 Å². The van der Waals surface area contributed by atoms with E-state index >= 15 is 0 Å². The van der Waals surface area contributed by atoms with E-state index in [0.717, 1.165) is 25.1 Å². The molecule has 2 N–H and O–H groups in total. The predicted octanol–water partition coefficient (Wildman–Crippen LogP) is 2.31. The van der Waals surface area contributed by atoms with Crippen molar-refractivity contribution in [3.05, 3.63) is 48.0 Å². The van der Waals surface area contributed by atoms with Gasteiger partial charge in [0.15, 0.2) is 0 Å². The minimum Gasteiger partial charge on any atom is -0.508 e. The molecule has 0 aliphatic carbocycles. The molecule has 1 aliphatic rings. The molecular weight excluding hydrogens is 314 g/mol. The lowest BCUT2D eigenvalue weighted by atomic mass is 9.97. The molecule has 1 heterocycles. The minimum atomic E-state index is -3.64. The third kappa shape index (κ3) is 3.04. The number of phenolic OH excluding ortho intramolecular Hbond substituents is 1. The van der Waals surface area contributed by atoms with Crippen LogP contribution in [0.5, 0.6) is 11.5 Å². The number of ether oxygens (including phenoxy) is 1. The normalized spacial score (nSPS) is 18.0. The largest absolute Gasteiger partial charge is 0.508 e. The van der Waals surface area contributed by atoms with Gasteiger partial charge in [-0.1, -0.05) is 6.07 Å². The second-order valence-corrected chi connectivity index (χ2v) is 7.54. The highest BCUT2D eigenvalue weighted by Gasteiger charge is 2.24. The van der Waals surface area contributed by atoms with Crippen molar-refractivity contribution in [3.8, 4) is 11.5 Å². The molecule has 5 nitrogen and oxygen atoms in total. The molecule has 3 rings (SSSR count). The Morgan fingerprint density at radius 1 is 1.13 bits per heavy atom. The Balaban J connectivity index is 2.01. The van der Waals surface area contributed by atoms with E-state index in [1.54, 1.807) is 19.2 Å². The summed E-state index contributed by atoms with van der Waals surface area (Å²) in [6.45, 7) is 1.84. The lowest BCUT2D eigenvalue weighted by Crippen LogP contribution is -2.09. The van der Waals surface area contributed by atoms with E-state index in [-0.39, 0.29) is 15.5 Å². The molecule has 0 saturated carbocycles. The fourth-order valence-corrected chi connectivity index (χ4v) is 4.15. The maximum atomic E-state index is 12.7. The second-order valence-electron chi connectivity index (χ2n) is 5.59. The van der Waals surface area contributed by atoms with Crippen molar-refractivity contribution >= 4 is 9.84 Å². The number of aromatic hydroxyl groups is 1. The number of nitrogens with one attached hydrogen (secondary N) is 1. The summed E-state index contributed by atoms with van der Waals surface area (Å²) in [7, 11) is -2.08. The topological polar surface area (TPSA) is 75.6 Å². The van der Waals surface area contributed by atoms with Crippen molar-refractivity contribution in [1.29, 1.82) is 0 Å². The van der Waals surface area contributed by atoms with Crippen molar-refractivity contribution in [3.63, 3.8) is 0 Å². The van der Waals surface area contributed by atoms with E-state index in [2.05, 4.69) is 5.32 Å². The highest BCUT2D eigenvalue weighted by atomic mass is 32.2. The molecule has 1 saturated heterocycles. The highest BCUT2D eigenvalue weighted by Crippen LogP contribution is 2.34. The van der Waals surface area contributed by atoms with Gasteiger partial charge in [0, 0.05) is 12.5 Å². The highest BCUT2D eigenvalue weighted by molar-refractivity contribution is 7.91. The Labute approximate surface area is 135 Å². The molecule has 122 valence electrons. The molecule has 0 spiro atoms. The number of sulfone groups is 1. The van der Waals surface area contributed by atoms with Crippen LogP contribution in [0.2, 0.25) is 0 Å². The van der Waals surface area contributed by atoms with Crippen LogP contribution in [-0.2, 0) is 9.84 Å². The number of hydrogen-bond acceptors (Lipinski definition) is 5. The number of phenols is 1. The molecule has 1 aliphatic heterocycles. The summed E-state index contributed by atoms with van der Waals surface area (Å²) in [5.41, 5.74) is 1.03. The van der Waals surface area contributed by atoms with Gasteiger partial charge in [-0.15, -0.1) is 0 Å². The maximum absolute atomic E-state index is 12.7. The molecule has 23 heavy (non-hydrogen) atoms. The molecule has 0 bridgehead atoms. The van der Waals surface area contributed by atoms with Gasteiger partial charge in [-0.25, -0.2) is 8.42 Å². The van der Waals surface area contributed by atoms with Crippen LogP contribution in [0, 0.1) is 0 Å². The zero-order valence-corrected chi connectivity index (χ0v) is 13.6. The van der Waals surface area contributed by atoms with Crippen molar-refractivity contribution < 1.29 is 18.3 Å². The summed E-state index contributed by atoms with van der Waals surface area (Å²) in [4.78, 5) is 0.336. The maximum Gasteiger partial charge on any atom is 0.206 e. The molecule has 0 amide bonds. The van der Waals surface area contributed by atoms with Crippen LogP contribution in [0.25, 0.3) is 0 Å².